The quantitative estimate of drug-likeness (QED) is 0.505. The van der Waals surface area contributed by atoms with Crippen molar-refractivity contribution in [2.45, 2.75) is 24.4 Å². The summed E-state index contributed by atoms with van der Waals surface area (Å²) in [5, 5.41) is -2.41. The van der Waals surface area contributed by atoms with Gasteiger partial charge in [0.05, 0.1) is 3.79 Å². The molecule has 0 spiro atoms. The molecule has 1 rings (SSSR count). The second-order valence-corrected chi connectivity index (χ2v) is 6.12. The maximum atomic E-state index is 12.9. The Hall–Kier alpha value is 0.120. The topological polar surface area (TPSA) is 0 Å². The molecule has 0 nitrogen and oxygen atoms in total. The van der Waals surface area contributed by atoms with E-state index in [0.29, 0.717) is 8.66 Å². The van der Waals surface area contributed by atoms with Gasteiger partial charge in [0, 0.05) is 4.88 Å². The Kier molecular flexibility index (Phi) is 3.92. The van der Waals surface area contributed by atoms with Crippen molar-refractivity contribution < 1.29 is 22.0 Å². The van der Waals surface area contributed by atoms with E-state index >= 15 is 0 Å². The summed E-state index contributed by atoms with van der Waals surface area (Å²) in [4.78, 5) is 0.329. The molecule has 16 heavy (non-hydrogen) atoms. The lowest BCUT2D eigenvalue weighted by atomic mass is 10.1. The molecular weight excluding hydrogens is 339 g/mol. The third-order valence-electron chi connectivity index (χ3n) is 1.90. The Morgan fingerprint density at radius 3 is 2.12 bits per heavy atom. The van der Waals surface area contributed by atoms with Gasteiger partial charge in [-0.3, -0.25) is 0 Å². The van der Waals surface area contributed by atoms with Crippen LogP contribution >= 0.6 is 38.9 Å². The molecule has 1 aromatic rings. The number of hydrogen-bond donors (Lipinski definition) is 0. The molecular formula is C8H5BrClF5S. The second kappa shape index (κ2) is 4.42. The number of halogens is 7. The summed E-state index contributed by atoms with van der Waals surface area (Å²) in [6.45, 7) is 1.44. The lowest BCUT2D eigenvalue weighted by molar-refractivity contribution is -0.283. The number of alkyl halides is 6. The van der Waals surface area contributed by atoms with Gasteiger partial charge in [-0.15, -0.1) is 22.9 Å². The van der Waals surface area contributed by atoms with E-state index in [1.165, 1.54) is 13.0 Å². The van der Waals surface area contributed by atoms with Gasteiger partial charge in [-0.2, -0.15) is 22.0 Å². The number of hydrogen-bond acceptors (Lipinski definition) is 1. The molecule has 0 aliphatic carbocycles. The van der Waals surface area contributed by atoms with Gasteiger partial charge in [0.25, 0.3) is 0 Å². The summed E-state index contributed by atoms with van der Waals surface area (Å²) in [6, 6.07) is 1.18. The van der Waals surface area contributed by atoms with Gasteiger partial charge in [0.15, 0.2) is 0 Å². The summed E-state index contributed by atoms with van der Waals surface area (Å²) in [5.74, 6) is -4.94. The van der Waals surface area contributed by atoms with E-state index in [-0.39, 0.29) is 5.56 Å². The monoisotopic (exact) mass is 342 g/mol. The van der Waals surface area contributed by atoms with Gasteiger partial charge in [0.2, 0.25) is 0 Å². The van der Waals surface area contributed by atoms with E-state index in [0.717, 1.165) is 11.3 Å². The molecule has 0 saturated heterocycles. The summed E-state index contributed by atoms with van der Waals surface area (Å²) in [5.41, 5.74) is -0.208. The van der Waals surface area contributed by atoms with Gasteiger partial charge in [-0.05, 0) is 34.5 Å². The van der Waals surface area contributed by atoms with Gasteiger partial charge in [-0.1, -0.05) is 0 Å². The third-order valence-corrected chi connectivity index (χ3v) is 3.97. The van der Waals surface area contributed by atoms with Crippen LogP contribution in [0.1, 0.15) is 15.8 Å². The minimum atomic E-state index is -5.65. The van der Waals surface area contributed by atoms with Gasteiger partial charge >= 0.3 is 12.1 Å². The highest BCUT2D eigenvalue weighted by Gasteiger charge is 2.62. The van der Waals surface area contributed by atoms with Crippen molar-refractivity contribution in [3.05, 3.63) is 20.3 Å². The molecule has 0 fully saturated rings. The highest BCUT2D eigenvalue weighted by molar-refractivity contribution is 9.11. The van der Waals surface area contributed by atoms with Crippen molar-refractivity contribution in [3.8, 4) is 0 Å². The summed E-state index contributed by atoms with van der Waals surface area (Å²) >= 11 is 9.27. The molecule has 0 aliphatic heterocycles. The predicted octanol–water partition coefficient (Wildman–Crippen LogP) is 5.30. The largest absolute Gasteiger partial charge is 0.455 e. The Morgan fingerprint density at radius 1 is 1.31 bits per heavy atom. The SMILES string of the molecule is Cc1sc(Br)cc1C(Cl)C(F)(F)C(F)(F)F. The molecule has 0 amide bonds. The van der Waals surface area contributed by atoms with Crippen LogP contribution in [0.3, 0.4) is 0 Å². The van der Waals surface area contributed by atoms with Crippen molar-refractivity contribution >= 4 is 38.9 Å². The van der Waals surface area contributed by atoms with E-state index in [2.05, 4.69) is 15.9 Å². The molecule has 0 aromatic carbocycles. The molecule has 0 bridgehead atoms. The highest BCUT2D eigenvalue weighted by atomic mass is 79.9. The summed E-state index contributed by atoms with van der Waals surface area (Å²) in [7, 11) is 0. The van der Waals surface area contributed by atoms with Crippen LogP contribution in [-0.2, 0) is 0 Å². The molecule has 1 unspecified atom stereocenters. The number of rotatable bonds is 2. The van der Waals surface area contributed by atoms with Crippen molar-refractivity contribution in [3.63, 3.8) is 0 Å². The lowest BCUT2D eigenvalue weighted by Crippen LogP contribution is -2.40. The predicted molar refractivity (Wildman–Crippen MR) is 56.4 cm³/mol. The number of thiophene rings is 1. The Bertz CT molecular complexity index is 386. The van der Waals surface area contributed by atoms with Crippen LogP contribution in [0.2, 0.25) is 0 Å². The third kappa shape index (κ3) is 2.51. The molecule has 0 radical (unpaired) electrons. The van der Waals surface area contributed by atoms with Crippen molar-refractivity contribution in [2.24, 2.45) is 0 Å². The fourth-order valence-electron chi connectivity index (χ4n) is 1.05. The standard InChI is InChI=1S/C8H5BrClF5S/c1-3-4(2-5(9)16-3)6(10)7(11,12)8(13,14)15/h2,6H,1H3. The Balaban J connectivity index is 3.11. The maximum absolute atomic E-state index is 12.9. The molecule has 92 valence electrons. The van der Waals surface area contributed by atoms with E-state index < -0.39 is 17.5 Å². The Morgan fingerprint density at radius 2 is 1.81 bits per heavy atom. The summed E-state index contributed by atoms with van der Waals surface area (Å²) < 4.78 is 62.5. The first-order valence-electron chi connectivity index (χ1n) is 3.92. The molecule has 1 heterocycles. The first kappa shape index (κ1) is 14.2. The maximum Gasteiger partial charge on any atom is 0.455 e. The van der Waals surface area contributed by atoms with Crippen LogP contribution in [0, 0.1) is 6.92 Å². The molecule has 1 aromatic heterocycles. The fourth-order valence-corrected chi connectivity index (χ4v) is 3.21. The highest BCUT2D eigenvalue weighted by Crippen LogP contribution is 2.49. The van der Waals surface area contributed by atoms with Gasteiger partial charge < -0.3 is 0 Å². The van der Waals surface area contributed by atoms with E-state index in [9.17, 15) is 22.0 Å². The van der Waals surface area contributed by atoms with E-state index in [1.54, 1.807) is 0 Å². The van der Waals surface area contributed by atoms with E-state index in [1.807, 2.05) is 0 Å². The van der Waals surface area contributed by atoms with Crippen molar-refractivity contribution in [2.75, 3.05) is 0 Å². The lowest BCUT2D eigenvalue weighted by Gasteiger charge is -2.24. The van der Waals surface area contributed by atoms with Crippen LogP contribution in [0.25, 0.3) is 0 Å². The second-order valence-electron chi connectivity index (χ2n) is 3.05. The molecule has 0 saturated carbocycles. The molecule has 0 aliphatic rings. The van der Waals surface area contributed by atoms with Crippen LogP contribution < -0.4 is 0 Å². The van der Waals surface area contributed by atoms with Crippen LogP contribution in [0.4, 0.5) is 22.0 Å². The van der Waals surface area contributed by atoms with E-state index in [4.69, 9.17) is 11.6 Å². The normalized spacial score (nSPS) is 15.2. The smallest absolute Gasteiger partial charge is 0.194 e. The Labute approximate surface area is 106 Å². The molecule has 0 N–H and O–H groups in total. The zero-order valence-corrected chi connectivity index (χ0v) is 10.9. The number of aryl methyl sites for hydroxylation is 1. The summed E-state index contributed by atoms with van der Waals surface area (Å²) in [6.07, 6.45) is -5.65. The van der Waals surface area contributed by atoms with Crippen molar-refractivity contribution in [1.82, 2.24) is 0 Å². The average Bonchev–Trinajstić information content (AvgIpc) is 2.41. The minimum Gasteiger partial charge on any atom is -0.194 e. The van der Waals surface area contributed by atoms with Crippen LogP contribution in [0.5, 0.6) is 0 Å². The fraction of sp³-hybridized carbons (Fsp3) is 0.500. The van der Waals surface area contributed by atoms with Gasteiger partial charge in [0.1, 0.15) is 5.38 Å². The first-order valence-corrected chi connectivity index (χ1v) is 5.96. The molecule has 8 heteroatoms. The van der Waals surface area contributed by atoms with Crippen LogP contribution in [0.15, 0.2) is 9.85 Å². The van der Waals surface area contributed by atoms with Crippen LogP contribution in [-0.4, -0.2) is 12.1 Å². The average molecular weight is 344 g/mol. The zero-order chi connectivity index (χ0) is 12.7. The van der Waals surface area contributed by atoms with Crippen molar-refractivity contribution in [1.29, 1.82) is 0 Å². The minimum absolute atomic E-state index is 0.208. The van der Waals surface area contributed by atoms with Gasteiger partial charge in [-0.25, -0.2) is 0 Å². The first-order chi connectivity index (χ1) is 7.07. The molecule has 1 atom stereocenters. The zero-order valence-electron chi connectivity index (χ0n) is 7.71.